The molecular weight excluding hydrogens is 284 g/mol. The van der Waals surface area contributed by atoms with Crippen LogP contribution in [0.1, 0.15) is 6.92 Å². The van der Waals surface area contributed by atoms with Gasteiger partial charge in [0.25, 0.3) is 0 Å². The van der Waals surface area contributed by atoms with E-state index in [-0.39, 0.29) is 18.1 Å². The van der Waals surface area contributed by atoms with Crippen LogP contribution in [0.15, 0.2) is 33.5 Å². The highest BCUT2D eigenvalue weighted by atomic mass is 35.5. The minimum absolute atomic E-state index is 0.00452. The zero-order chi connectivity index (χ0) is 14.7. The standard InChI is InChI=1S/C13H11ClN2O4/c1-7(17)15-6-12(18)16-10-5-8-4-9(14)2-3-11(8)20-13(10)19/h2-5H,6H2,1H3,(H,15,17)(H,16,18). The van der Waals surface area contributed by atoms with Crippen LogP contribution in [0, 0.1) is 0 Å². The van der Waals surface area contributed by atoms with Gasteiger partial charge in [-0.05, 0) is 24.3 Å². The molecule has 0 fully saturated rings. The fraction of sp³-hybridized carbons (Fsp3) is 0.154. The molecule has 0 saturated carbocycles. The molecule has 2 rings (SSSR count). The second-order valence-electron chi connectivity index (χ2n) is 4.09. The number of carbonyl (C=O) groups is 2. The second kappa shape index (κ2) is 5.75. The Kier molecular flexibility index (Phi) is 4.05. The largest absolute Gasteiger partial charge is 0.421 e. The van der Waals surface area contributed by atoms with Crippen LogP contribution >= 0.6 is 11.6 Å². The van der Waals surface area contributed by atoms with Gasteiger partial charge in [-0.1, -0.05) is 11.6 Å². The summed E-state index contributed by atoms with van der Waals surface area (Å²) < 4.78 is 5.06. The lowest BCUT2D eigenvalue weighted by molar-refractivity contribution is -0.122. The number of rotatable bonds is 3. The van der Waals surface area contributed by atoms with Gasteiger partial charge in [-0.15, -0.1) is 0 Å². The van der Waals surface area contributed by atoms with E-state index in [2.05, 4.69) is 10.6 Å². The van der Waals surface area contributed by atoms with Gasteiger partial charge >= 0.3 is 5.63 Å². The Hall–Kier alpha value is -2.34. The quantitative estimate of drug-likeness (QED) is 0.840. The van der Waals surface area contributed by atoms with E-state index in [1.165, 1.54) is 13.0 Å². The molecular formula is C13H11ClN2O4. The van der Waals surface area contributed by atoms with E-state index < -0.39 is 11.5 Å². The first-order valence-corrected chi connectivity index (χ1v) is 6.11. The number of benzene rings is 1. The van der Waals surface area contributed by atoms with Crippen LogP contribution in [0.3, 0.4) is 0 Å². The molecule has 0 spiro atoms. The van der Waals surface area contributed by atoms with Gasteiger partial charge in [-0.25, -0.2) is 4.79 Å². The van der Waals surface area contributed by atoms with E-state index in [9.17, 15) is 14.4 Å². The average molecular weight is 295 g/mol. The molecule has 2 amide bonds. The number of anilines is 1. The van der Waals surface area contributed by atoms with Crippen molar-refractivity contribution in [1.82, 2.24) is 5.32 Å². The summed E-state index contributed by atoms with van der Waals surface area (Å²) in [6.45, 7) is 1.07. The van der Waals surface area contributed by atoms with E-state index >= 15 is 0 Å². The molecule has 20 heavy (non-hydrogen) atoms. The third-order valence-corrected chi connectivity index (χ3v) is 2.70. The highest BCUT2D eigenvalue weighted by Crippen LogP contribution is 2.20. The fourth-order valence-corrected chi connectivity index (χ4v) is 1.76. The predicted molar refractivity (Wildman–Crippen MR) is 74.8 cm³/mol. The molecule has 104 valence electrons. The Morgan fingerprint density at radius 1 is 1.30 bits per heavy atom. The summed E-state index contributed by atoms with van der Waals surface area (Å²) >= 11 is 5.85. The number of hydrogen-bond donors (Lipinski definition) is 2. The van der Waals surface area contributed by atoms with Gasteiger partial charge in [0, 0.05) is 17.3 Å². The molecule has 0 radical (unpaired) electrons. The van der Waals surface area contributed by atoms with Crippen LogP contribution in [-0.4, -0.2) is 18.4 Å². The molecule has 1 heterocycles. The van der Waals surface area contributed by atoms with Gasteiger partial charge in [0.2, 0.25) is 11.8 Å². The van der Waals surface area contributed by atoms with Crippen LogP contribution < -0.4 is 16.3 Å². The zero-order valence-electron chi connectivity index (χ0n) is 10.5. The van der Waals surface area contributed by atoms with Crippen LogP contribution in [-0.2, 0) is 9.59 Å². The average Bonchev–Trinajstić information content (AvgIpc) is 2.38. The molecule has 0 aliphatic rings. The molecule has 0 saturated heterocycles. The summed E-state index contributed by atoms with van der Waals surface area (Å²) in [5.74, 6) is -0.855. The molecule has 6 nitrogen and oxygen atoms in total. The minimum atomic E-state index is -0.670. The lowest BCUT2D eigenvalue weighted by atomic mass is 10.2. The topological polar surface area (TPSA) is 88.4 Å². The first-order chi connectivity index (χ1) is 9.45. The highest BCUT2D eigenvalue weighted by Gasteiger charge is 2.09. The van der Waals surface area contributed by atoms with Crippen molar-refractivity contribution in [3.63, 3.8) is 0 Å². The molecule has 2 N–H and O–H groups in total. The Balaban J connectivity index is 2.25. The van der Waals surface area contributed by atoms with Crippen molar-refractivity contribution in [2.45, 2.75) is 6.92 Å². The summed E-state index contributed by atoms with van der Waals surface area (Å²) in [6.07, 6.45) is 0. The van der Waals surface area contributed by atoms with Crippen LogP contribution in [0.25, 0.3) is 11.0 Å². The lowest BCUT2D eigenvalue weighted by Crippen LogP contribution is -2.32. The minimum Gasteiger partial charge on any atom is -0.421 e. The van der Waals surface area contributed by atoms with Crippen molar-refractivity contribution in [2.24, 2.45) is 0 Å². The maximum atomic E-state index is 11.7. The summed E-state index contributed by atoms with van der Waals surface area (Å²) in [4.78, 5) is 33.9. The number of halogens is 1. The molecule has 0 unspecified atom stereocenters. The highest BCUT2D eigenvalue weighted by molar-refractivity contribution is 6.31. The third-order valence-electron chi connectivity index (χ3n) is 2.47. The Morgan fingerprint density at radius 3 is 2.75 bits per heavy atom. The van der Waals surface area contributed by atoms with Gasteiger partial charge in [0.05, 0.1) is 6.54 Å². The van der Waals surface area contributed by atoms with Crippen LogP contribution in [0.2, 0.25) is 5.02 Å². The second-order valence-corrected chi connectivity index (χ2v) is 4.52. The number of nitrogens with one attached hydrogen (secondary N) is 2. The predicted octanol–water partition coefficient (Wildman–Crippen LogP) is 1.52. The molecule has 0 aliphatic carbocycles. The maximum Gasteiger partial charge on any atom is 0.360 e. The molecule has 1 aromatic carbocycles. The summed E-state index contributed by atoms with van der Waals surface area (Å²) in [5.41, 5.74) is -0.301. The number of fused-ring (bicyclic) bond motifs is 1. The van der Waals surface area contributed by atoms with E-state index in [4.69, 9.17) is 16.0 Å². The fourth-order valence-electron chi connectivity index (χ4n) is 1.58. The van der Waals surface area contributed by atoms with E-state index in [1.807, 2.05) is 0 Å². The smallest absolute Gasteiger partial charge is 0.360 e. The molecule has 0 bridgehead atoms. The monoisotopic (exact) mass is 294 g/mol. The van der Waals surface area contributed by atoms with Gasteiger partial charge in [0.15, 0.2) is 0 Å². The van der Waals surface area contributed by atoms with Gasteiger partial charge in [-0.3, -0.25) is 9.59 Å². The SMILES string of the molecule is CC(=O)NCC(=O)Nc1cc2cc(Cl)ccc2oc1=O. The number of hydrogen-bond acceptors (Lipinski definition) is 4. The lowest BCUT2D eigenvalue weighted by Gasteiger charge is -2.05. The molecule has 0 atom stereocenters. The van der Waals surface area contributed by atoms with Crippen molar-refractivity contribution in [1.29, 1.82) is 0 Å². The zero-order valence-corrected chi connectivity index (χ0v) is 11.3. The maximum absolute atomic E-state index is 11.7. The number of amides is 2. The third kappa shape index (κ3) is 3.36. The normalized spacial score (nSPS) is 10.3. The molecule has 1 aromatic heterocycles. The molecule has 0 aliphatic heterocycles. The van der Waals surface area contributed by atoms with Crippen molar-refractivity contribution >= 4 is 40.1 Å². The molecule has 7 heteroatoms. The summed E-state index contributed by atoms with van der Waals surface area (Å²) in [7, 11) is 0. The Morgan fingerprint density at radius 2 is 2.05 bits per heavy atom. The van der Waals surface area contributed by atoms with Gasteiger partial charge in [0.1, 0.15) is 11.3 Å². The van der Waals surface area contributed by atoms with Crippen molar-refractivity contribution in [3.8, 4) is 0 Å². The summed E-state index contributed by atoms with van der Waals surface area (Å²) in [6, 6.07) is 6.26. The van der Waals surface area contributed by atoms with Crippen LogP contribution in [0.5, 0.6) is 0 Å². The first kappa shape index (κ1) is 14.1. The van der Waals surface area contributed by atoms with Crippen molar-refractivity contribution in [3.05, 3.63) is 39.7 Å². The number of carbonyl (C=O) groups excluding carboxylic acids is 2. The Labute approximate surface area is 118 Å². The van der Waals surface area contributed by atoms with Crippen molar-refractivity contribution in [2.75, 3.05) is 11.9 Å². The summed E-state index contributed by atoms with van der Waals surface area (Å²) in [5, 5.41) is 5.78. The Bertz CT molecular complexity index is 739. The first-order valence-electron chi connectivity index (χ1n) is 5.73. The van der Waals surface area contributed by atoms with Gasteiger partial charge in [-0.2, -0.15) is 0 Å². The molecule has 2 aromatic rings. The van der Waals surface area contributed by atoms with Crippen LogP contribution in [0.4, 0.5) is 5.69 Å². The van der Waals surface area contributed by atoms with E-state index in [0.717, 1.165) is 0 Å². The van der Waals surface area contributed by atoms with E-state index in [1.54, 1.807) is 18.2 Å². The van der Waals surface area contributed by atoms with E-state index in [0.29, 0.717) is 16.0 Å². The van der Waals surface area contributed by atoms with Crippen molar-refractivity contribution < 1.29 is 14.0 Å². The van der Waals surface area contributed by atoms with Gasteiger partial charge < -0.3 is 15.1 Å².